The molecule has 1 aromatic carbocycles. The molecule has 9 heteroatoms. The van der Waals surface area contributed by atoms with Crippen LogP contribution in [0.15, 0.2) is 30.3 Å². The van der Waals surface area contributed by atoms with Crippen LogP contribution in [0.2, 0.25) is 9.36 Å². The third kappa shape index (κ3) is 3.32. The summed E-state index contributed by atoms with van der Waals surface area (Å²) in [5.41, 5.74) is 3.00. The molecule has 140 valence electrons. The number of benzene rings is 1. The number of aliphatic hydroxyl groups is 1. The van der Waals surface area contributed by atoms with Gasteiger partial charge in [0.1, 0.15) is 16.6 Å². The predicted octanol–water partition coefficient (Wildman–Crippen LogP) is 3.04. The second-order valence-electron chi connectivity index (χ2n) is 6.30. The van der Waals surface area contributed by atoms with Gasteiger partial charge in [-0.3, -0.25) is 9.59 Å². The minimum absolute atomic E-state index is 0.299. The summed E-state index contributed by atoms with van der Waals surface area (Å²) in [6.45, 7) is -0.606. The minimum Gasteiger partial charge on any atom is -0.387 e. The van der Waals surface area contributed by atoms with Crippen LogP contribution in [0.3, 0.4) is 0 Å². The van der Waals surface area contributed by atoms with Gasteiger partial charge in [-0.15, -0.1) is 11.3 Å². The maximum Gasteiger partial charge on any atom is 0.268 e. The summed E-state index contributed by atoms with van der Waals surface area (Å²) in [6, 6.07) is 8.65. The van der Waals surface area contributed by atoms with E-state index in [-0.39, 0.29) is 11.9 Å². The van der Waals surface area contributed by atoms with Crippen LogP contribution in [0.4, 0.5) is 0 Å². The summed E-state index contributed by atoms with van der Waals surface area (Å²) in [6.07, 6.45) is 0.583. The van der Waals surface area contributed by atoms with Gasteiger partial charge in [0.05, 0.1) is 27.3 Å². The maximum absolute atomic E-state index is 12.7. The van der Waals surface area contributed by atoms with Crippen molar-refractivity contribution in [1.82, 2.24) is 15.6 Å². The minimum atomic E-state index is -0.606. The highest BCUT2D eigenvalue weighted by molar-refractivity contribution is 7.23. The van der Waals surface area contributed by atoms with Gasteiger partial charge in [-0.05, 0) is 23.6 Å². The van der Waals surface area contributed by atoms with E-state index in [4.69, 9.17) is 28.3 Å². The van der Waals surface area contributed by atoms with Crippen molar-refractivity contribution < 1.29 is 14.7 Å². The Morgan fingerprint density at radius 1 is 1.26 bits per heavy atom. The average molecular weight is 424 g/mol. The number of nitrogens with one attached hydrogen (secondary N) is 3. The zero-order chi connectivity index (χ0) is 19.1. The lowest BCUT2D eigenvalue weighted by molar-refractivity contribution is -0.124. The number of aliphatic hydroxyl groups excluding tert-OH is 1. The first kappa shape index (κ1) is 18.3. The smallest absolute Gasteiger partial charge is 0.268 e. The van der Waals surface area contributed by atoms with E-state index in [1.54, 1.807) is 6.07 Å². The number of H-pyrrole nitrogens is 1. The van der Waals surface area contributed by atoms with Crippen LogP contribution >= 0.6 is 34.5 Å². The summed E-state index contributed by atoms with van der Waals surface area (Å²) < 4.78 is 1.28. The van der Waals surface area contributed by atoms with Crippen molar-refractivity contribution in [3.05, 3.63) is 56.5 Å². The fraction of sp³-hybridized carbons (Fsp3) is 0.222. The molecule has 1 aliphatic carbocycles. The van der Waals surface area contributed by atoms with E-state index >= 15 is 0 Å². The van der Waals surface area contributed by atoms with Crippen molar-refractivity contribution in [2.75, 3.05) is 6.61 Å². The van der Waals surface area contributed by atoms with Crippen LogP contribution in [0.25, 0.3) is 10.2 Å². The van der Waals surface area contributed by atoms with Gasteiger partial charge in [-0.25, -0.2) is 0 Å². The molecule has 0 spiro atoms. The molecule has 3 aromatic rings. The number of carbonyl (C=O) groups is 2. The third-order valence-electron chi connectivity index (χ3n) is 4.63. The van der Waals surface area contributed by atoms with Crippen LogP contribution < -0.4 is 10.6 Å². The van der Waals surface area contributed by atoms with E-state index in [1.807, 2.05) is 24.3 Å². The molecule has 2 amide bonds. The molecule has 0 fully saturated rings. The van der Waals surface area contributed by atoms with Crippen LogP contribution in [0.5, 0.6) is 0 Å². The molecule has 2 aromatic heterocycles. The van der Waals surface area contributed by atoms with Gasteiger partial charge in [-0.2, -0.15) is 0 Å². The summed E-state index contributed by atoms with van der Waals surface area (Å²) in [5, 5.41) is 15.2. The predicted molar refractivity (Wildman–Crippen MR) is 106 cm³/mol. The first-order valence-corrected chi connectivity index (χ1v) is 9.80. The number of hydrogen-bond donors (Lipinski definition) is 4. The molecule has 1 aliphatic rings. The van der Waals surface area contributed by atoms with Gasteiger partial charge in [0.25, 0.3) is 5.91 Å². The van der Waals surface area contributed by atoms with Crippen molar-refractivity contribution in [3.63, 3.8) is 0 Å². The molecule has 0 saturated carbocycles. The number of rotatable bonds is 4. The van der Waals surface area contributed by atoms with Gasteiger partial charge in [0.2, 0.25) is 5.91 Å². The van der Waals surface area contributed by atoms with Crippen molar-refractivity contribution in [3.8, 4) is 0 Å². The first-order valence-electron chi connectivity index (χ1n) is 8.23. The van der Waals surface area contributed by atoms with E-state index in [0.29, 0.717) is 27.0 Å². The molecule has 0 aliphatic heterocycles. The van der Waals surface area contributed by atoms with Gasteiger partial charge < -0.3 is 20.7 Å². The van der Waals surface area contributed by atoms with E-state index in [1.165, 1.54) is 11.3 Å². The molecular weight excluding hydrogens is 409 g/mol. The normalized spacial score (nSPS) is 18.5. The Kier molecular flexibility index (Phi) is 4.86. The van der Waals surface area contributed by atoms with E-state index in [0.717, 1.165) is 15.8 Å². The molecule has 6 nitrogen and oxygen atoms in total. The number of amides is 2. The Bertz CT molecular complexity index is 1050. The second-order valence-corrected chi connectivity index (χ2v) is 8.33. The largest absolute Gasteiger partial charge is 0.387 e. The lowest BCUT2D eigenvalue weighted by Crippen LogP contribution is -2.45. The Labute approximate surface area is 168 Å². The number of aromatic nitrogens is 1. The standard InChI is InChI=1S/C18H15Cl2N3O3S/c19-14-16-12(27-17(14)20)6-11(21-16)18(26)22-10-5-8-3-1-2-4-9(8)15(10)23-13(25)7-24/h1-4,6,10,15,21,24H,5,7H2,(H,22,26)(H,23,25)/t10-,15+/m1/s1. The molecule has 0 bridgehead atoms. The lowest BCUT2D eigenvalue weighted by atomic mass is 10.1. The molecule has 2 atom stereocenters. The fourth-order valence-electron chi connectivity index (χ4n) is 3.41. The highest BCUT2D eigenvalue weighted by atomic mass is 35.5. The number of halogens is 2. The molecule has 0 radical (unpaired) electrons. The topological polar surface area (TPSA) is 94.2 Å². The SMILES string of the molecule is O=C(CO)N[C@H]1c2ccccc2C[C@H]1NC(=O)c1cc2sc(Cl)c(Cl)c2[nH]1. The Morgan fingerprint density at radius 3 is 2.78 bits per heavy atom. The van der Waals surface area contributed by atoms with Gasteiger partial charge in [0, 0.05) is 0 Å². The van der Waals surface area contributed by atoms with Crippen LogP contribution in [0.1, 0.15) is 27.7 Å². The molecule has 4 rings (SSSR count). The molecular formula is C18H15Cl2N3O3S. The maximum atomic E-state index is 12.7. The summed E-state index contributed by atoms with van der Waals surface area (Å²) in [4.78, 5) is 27.5. The zero-order valence-electron chi connectivity index (χ0n) is 13.9. The van der Waals surface area contributed by atoms with Crippen LogP contribution in [0, 0.1) is 0 Å². The fourth-order valence-corrected chi connectivity index (χ4v) is 4.90. The van der Waals surface area contributed by atoms with Gasteiger partial charge in [0.15, 0.2) is 0 Å². The lowest BCUT2D eigenvalue weighted by Gasteiger charge is -2.22. The summed E-state index contributed by atoms with van der Waals surface area (Å²) in [7, 11) is 0. The molecule has 0 saturated heterocycles. The number of thiophene rings is 1. The number of carbonyl (C=O) groups excluding carboxylic acids is 2. The third-order valence-corrected chi connectivity index (χ3v) is 6.56. The Balaban J connectivity index is 1.57. The second kappa shape index (κ2) is 7.16. The van der Waals surface area contributed by atoms with Crippen LogP contribution in [-0.4, -0.2) is 34.6 Å². The van der Waals surface area contributed by atoms with Gasteiger partial charge >= 0.3 is 0 Å². The Hall–Kier alpha value is -2.06. The monoisotopic (exact) mass is 423 g/mol. The van der Waals surface area contributed by atoms with Crippen LogP contribution in [-0.2, 0) is 11.2 Å². The van der Waals surface area contributed by atoms with Crippen molar-refractivity contribution in [1.29, 1.82) is 0 Å². The molecule has 2 heterocycles. The zero-order valence-corrected chi connectivity index (χ0v) is 16.2. The highest BCUT2D eigenvalue weighted by Gasteiger charge is 2.34. The molecule has 27 heavy (non-hydrogen) atoms. The summed E-state index contributed by atoms with van der Waals surface area (Å²) in [5.74, 6) is -0.788. The quantitative estimate of drug-likeness (QED) is 0.519. The number of hydrogen-bond acceptors (Lipinski definition) is 4. The number of fused-ring (bicyclic) bond motifs is 2. The van der Waals surface area contributed by atoms with E-state index in [2.05, 4.69) is 15.6 Å². The van der Waals surface area contributed by atoms with Crippen molar-refractivity contribution >= 4 is 56.6 Å². The average Bonchev–Trinajstić information content (AvgIpc) is 3.29. The first-order chi connectivity index (χ1) is 13.0. The van der Waals surface area contributed by atoms with E-state index < -0.39 is 18.6 Å². The Morgan fingerprint density at radius 2 is 2.04 bits per heavy atom. The highest BCUT2D eigenvalue weighted by Crippen LogP contribution is 2.39. The van der Waals surface area contributed by atoms with Crippen molar-refractivity contribution in [2.45, 2.75) is 18.5 Å². The molecule has 0 unspecified atom stereocenters. The number of aromatic amines is 1. The summed E-state index contributed by atoms with van der Waals surface area (Å²) >= 11 is 13.4. The molecule has 4 N–H and O–H groups in total. The van der Waals surface area contributed by atoms with Gasteiger partial charge in [-0.1, -0.05) is 47.5 Å². The van der Waals surface area contributed by atoms with Crippen molar-refractivity contribution in [2.24, 2.45) is 0 Å². The van der Waals surface area contributed by atoms with E-state index in [9.17, 15) is 9.59 Å².